The largest absolute Gasteiger partial charge is 0.481 e. The lowest BCUT2D eigenvalue weighted by atomic mass is 9.86. The van der Waals surface area contributed by atoms with E-state index in [0.717, 1.165) is 10.5 Å². The van der Waals surface area contributed by atoms with E-state index < -0.39 is 36.2 Å². The maximum absolute atomic E-state index is 13.4. The highest BCUT2D eigenvalue weighted by molar-refractivity contribution is 5.93. The zero-order chi connectivity index (χ0) is 23.3. The van der Waals surface area contributed by atoms with Crippen LogP contribution in [0, 0.1) is 0 Å². The quantitative estimate of drug-likeness (QED) is 0.544. The fourth-order valence-corrected chi connectivity index (χ4v) is 4.04. The molecule has 1 saturated heterocycles. The second-order valence-corrected chi connectivity index (χ2v) is 7.84. The molecule has 168 valence electrons. The highest BCUT2D eigenvalue weighted by Crippen LogP contribution is 2.43. The van der Waals surface area contributed by atoms with Crippen LogP contribution in [0.4, 0.5) is 4.79 Å². The van der Waals surface area contributed by atoms with Crippen LogP contribution in [0.2, 0.25) is 0 Å². The third-order valence-electron chi connectivity index (χ3n) is 5.56. The average Bonchev–Trinajstić information content (AvgIpc) is 3.10. The molecule has 7 heteroatoms. The summed E-state index contributed by atoms with van der Waals surface area (Å²) >= 11 is 0. The molecule has 0 aliphatic carbocycles. The maximum Gasteiger partial charge on any atom is 0.414 e. The van der Waals surface area contributed by atoms with Gasteiger partial charge in [0.25, 0.3) is 0 Å². The summed E-state index contributed by atoms with van der Waals surface area (Å²) in [6.07, 6.45) is -2.58. The van der Waals surface area contributed by atoms with Gasteiger partial charge in [0.05, 0.1) is 6.42 Å². The number of hydrogen-bond acceptors (Lipinski definition) is 5. The lowest BCUT2D eigenvalue weighted by Gasteiger charge is -2.34. The summed E-state index contributed by atoms with van der Waals surface area (Å²) in [6.45, 7) is -0.0274. The highest BCUT2D eigenvalue weighted by Gasteiger charge is 2.59. The van der Waals surface area contributed by atoms with Gasteiger partial charge in [-0.25, -0.2) is 9.59 Å². The minimum atomic E-state index is -1.76. The number of aliphatic carboxylic acids is 1. The number of amides is 1. The number of cyclic esters (lactones) is 1. The molecule has 0 spiro atoms. The number of benzene rings is 3. The number of carboxylic acids is 1. The Morgan fingerprint density at radius 2 is 1.42 bits per heavy atom. The van der Waals surface area contributed by atoms with Crippen LogP contribution in [-0.4, -0.2) is 33.6 Å². The third-order valence-corrected chi connectivity index (χ3v) is 5.56. The van der Waals surface area contributed by atoms with Gasteiger partial charge in [0, 0.05) is 12.0 Å². The SMILES string of the molecule is O=C(O)C[C@]1(Cc2ccccc2)C(=O)O[C@@H](c2ccccc2)N1C(=O)OCc1ccccc1. The number of ether oxygens (including phenoxy) is 2. The van der Waals surface area contributed by atoms with Crippen LogP contribution in [0.5, 0.6) is 0 Å². The first-order valence-electron chi connectivity index (χ1n) is 10.5. The number of rotatable bonds is 7. The second kappa shape index (κ2) is 9.56. The molecule has 1 fully saturated rings. The molecule has 3 aromatic rings. The van der Waals surface area contributed by atoms with Crippen molar-refractivity contribution in [3.8, 4) is 0 Å². The number of carbonyl (C=O) groups excluding carboxylic acids is 2. The molecule has 0 radical (unpaired) electrons. The molecule has 1 aliphatic rings. The lowest BCUT2D eigenvalue weighted by Crippen LogP contribution is -2.54. The summed E-state index contributed by atoms with van der Waals surface area (Å²) in [5.41, 5.74) is 0.245. The molecule has 4 rings (SSSR count). The molecular weight excluding hydrogens is 422 g/mol. The van der Waals surface area contributed by atoms with E-state index in [1.54, 1.807) is 54.6 Å². The van der Waals surface area contributed by atoms with Gasteiger partial charge in [-0.3, -0.25) is 9.69 Å². The Morgan fingerprint density at radius 1 is 0.879 bits per heavy atom. The molecule has 1 amide bonds. The molecule has 0 aromatic heterocycles. The van der Waals surface area contributed by atoms with E-state index in [9.17, 15) is 19.5 Å². The standard InChI is InChI=1S/C26H23NO6/c28-22(29)17-26(16-19-10-4-1-5-11-19)24(30)33-23(21-14-8-3-9-15-21)27(26)25(31)32-18-20-12-6-2-7-13-20/h1-15,23H,16-18H2,(H,28,29)/t23-,26+/m0/s1. The second-order valence-electron chi connectivity index (χ2n) is 7.84. The fraction of sp³-hybridized carbons (Fsp3) is 0.192. The van der Waals surface area contributed by atoms with Crippen molar-refractivity contribution in [2.45, 2.75) is 31.2 Å². The minimum absolute atomic E-state index is 0.0251. The van der Waals surface area contributed by atoms with E-state index in [4.69, 9.17) is 9.47 Å². The van der Waals surface area contributed by atoms with Crippen molar-refractivity contribution in [3.63, 3.8) is 0 Å². The van der Waals surface area contributed by atoms with Gasteiger partial charge in [0.15, 0.2) is 5.54 Å². The minimum Gasteiger partial charge on any atom is -0.481 e. The van der Waals surface area contributed by atoms with Crippen molar-refractivity contribution in [3.05, 3.63) is 108 Å². The highest BCUT2D eigenvalue weighted by atomic mass is 16.6. The Kier molecular flexibility index (Phi) is 6.40. The number of carboxylic acid groups (broad SMARTS) is 1. The first-order chi connectivity index (χ1) is 16.0. The smallest absolute Gasteiger partial charge is 0.414 e. The predicted octanol–water partition coefficient (Wildman–Crippen LogP) is 4.34. The van der Waals surface area contributed by atoms with Gasteiger partial charge in [-0.2, -0.15) is 0 Å². The van der Waals surface area contributed by atoms with Gasteiger partial charge in [-0.1, -0.05) is 91.0 Å². The van der Waals surface area contributed by atoms with Crippen molar-refractivity contribution in [2.75, 3.05) is 0 Å². The van der Waals surface area contributed by atoms with Crippen LogP contribution in [-0.2, 0) is 32.1 Å². The number of nitrogens with zero attached hydrogens (tertiary/aromatic N) is 1. The molecule has 0 unspecified atom stereocenters. The van der Waals surface area contributed by atoms with Gasteiger partial charge >= 0.3 is 18.0 Å². The van der Waals surface area contributed by atoms with Crippen LogP contribution in [0.25, 0.3) is 0 Å². The molecule has 3 aromatic carbocycles. The first kappa shape index (κ1) is 22.1. The summed E-state index contributed by atoms with van der Waals surface area (Å²) in [7, 11) is 0. The Morgan fingerprint density at radius 3 is 2.00 bits per heavy atom. The van der Waals surface area contributed by atoms with E-state index in [1.807, 2.05) is 36.4 Å². The summed E-state index contributed by atoms with van der Waals surface area (Å²) in [5, 5.41) is 9.71. The summed E-state index contributed by atoms with van der Waals surface area (Å²) in [4.78, 5) is 39.7. The monoisotopic (exact) mass is 445 g/mol. The normalized spacial score (nSPS) is 19.7. The topological polar surface area (TPSA) is 93.1 Å². The van der Waals surface area contributed by atoms with Gasteiger partial charge in [-0.05, 0) is 11.1 Å². The van der Waals surface area contributed by atoms with E-state index in [2.05, 4.69) is 0 Å². The summed E-state index contributed by atoms with van der Waals surface area (Å²) < 4.78 is 11.2. The van der Waals surface area contributed by atoms with E-state index in [-0.39, 0.29) is 13.0 Å². The van der Waals surface area contributed by atoms with Crippen LogP contribution in [0.3, 0.4) is 0 Å². The molecule has 2 atom stereocenters. The van der Waals surface area contributed by atoms with Crippen molar-refractivity contribution in [1.82, 2.24) is 4.90 Å². The zero-order valence-electron chi connectivity index (χ0n) is 17.8. The van der Waals surface area contributed by atoms with E-state index in [0.29, 0.717) is 11.1 Å². The van der Waals surface area contributed by atoms with Gasteiger partial charge in [-0.15, -0.1) is 0 Å². The molecule has 1 aliphatic heterocycles. The Bertz CT molecular complexity index is 1120. The van der Waals surface area contributed by atoms with Crippen molar-refractivity contribution < 1.29 is 29.0 Å². The van der Waals surface area contributed by atoms with Gasteiger partial charge < -0.3 is 14.6 Å². The van der Waals surface area contributed by atoms with Crippen LogP contribution >= 0.6 is 0 Å². The summed E-state index contributed by atoms with van der Waals surface area (Å²) in [5.74, 6) is -2.00. The third kappa shape index (κ3) is 4.72. The Balaban J connectivity index is 1.74. The average molecular weight is 445 g/mol. The van der Waals surface area contributed by atoms with E-state index in [1.165, 1.54) is 0 Å². The summed E-state index contributed by atoms with van der Waals surface area (Å²) in [6, 6.07) is 26.8. The molecule has 7 nitrogen and oxygen atoms in total. The van der Waals surface area contributed by atoms with Crippen molar-refractivity contribution >= 4 is 18.0 Å². The number of hydrogen-bond donors (Lipinski definition) is 1. The van der Waals surface area contributed by atoms with Crippen LogP contribution in [0.1, 0.15) is 29.3 Å². The van der Waals surface area contributed by atoms with Gasteiger partial charge in [0.2, 0.25) is 6.23 Å². The van der Waals surface area contributed by atoms with Gasteiger partial charge in [0.1, 0.15) is 6.61 Å². The predicted molar refractivity (Wildman–Crippen MR) is 119 cm³/mol. The van der Waals surface area contributed by atoms with Crippen molar-refractivity contribution in [2.24, 2.45) is 0 Å². The first-order valence-corrected chi connectivity index (χ1v) is 10.5. The zero-order valence-corrected chi connectivity index (χ0v) is 17.8. The number of carbonyl (C=O) groups is 3. The molecular formula is C26H23NO6. The Hall–Kier alpha value is -4.13. The molecule has 0 bridgehead atoms. The lowest BCUT2D eigenvalue weighted by molar-refractivity contribution is -0.150. The molecule has 33 heavy (non-hydrogen) atoms. The molecule has 0 saturated carbocycles. The van der Waals surface area contributed by atoms with Crippen molar-refractivity contribution in [1.29, 1.82) is 0 Å². The van der Waals surface area contributed by atoms with E-state index >= 15 is 0 Å². The number of esters is 1. The van der Waals surface area contributed by atoms with Crippen LogP contribution in [0.15, 0.2) is 91.0 Å². The maximum atomic E-state index is 13.4. The molecule has 1 N–H and O–H groups in total. The Labute approximate surface area is 191 Å². The fourth-order valence-electron chi connectivity index (χ4n) is 4.04. The molecule has 1 heterocycles. The van der Waals surface area contributed by atoms with Crippen LogP contribution < -0.4 is 0 Å².